The van der Waals surface area contributed by atoms with E-state index < -0.39 is 0 Å². The van der Waals surface area contributed by atoms with Crippen LogP contribution in [0.2, 0.25) is 0 Å². The second kappa shape index (κ2) is 10.1. The van der Waals surface area contributed by atoms with Crippen LogP contribution >= 0.6 is 11.8 Å². The number of carbonyl (C=O) groups is 1. The predicted molar refractivity (Wildman–Crippen MR) is 109 cm³/mol. The normalized spacial score (nSPS) is 10.9. The highest BCUT2D eigenvalue weighted by Crippen LogP contribution is 2.24. The van der Waals surface area contributed by atoms with Crippen molar-refractivity contribution in [1.82, 2.24) is 19.7 Å². The van der Waals surface area contributed by atoms with E-state index >= 15 is 0 Å². The fourth-order valence-electron chi connectivity index (χ4n) is 2.77. The first-order valence-electron chi connectivity index (χ1n) is 9.10. The maximum atomic E-state index is 12.8. The highest BCUT2D eigenvalue weighted by atomic mass is 32.2. The molecule has 0 unspecified atom stereocenters. The first-order chi connectivity index (χ1) is 14.1. The Hall–Kier alpha value is -2.78. The Labute approximate surface area is 173 Å². The van der Waals surface area contributed by atoms with Gasteiger partial charge in [-0.1, -0.05) is 11.8 Å². The summed E-state index contributed by atoms with van der Waals surface area (Å²) < 4.78 is 17.6. The number of benzene rings is 1. The topological polar surface area (TPSA) is 82.6 Å². The van der Waals surface area contributed by atoms with Crippen molar-refractivity contribution in [2.24, 2.45) is 0 Å². The molecule has 0 aliphatic rings. The smallest absolute Gasteiger partial charge is 0.233 e. The van der Waals surface area contributed by atoms with Crippen molar-refractivity contribution in [3.63, 3.8) is 0 Å². The summed E-state index contributed by atoms with van der Waals surface area (Å²) in [6.45, 7) is 3.23. The van der Waals surface area contributed by atoms with Crippen LogP contribution in [0.25, 0.3) is 5.69 Å². The van der Waals surface area contributed by atoms with Crippen molar-refractivity contribution in [3.05, 3.63) is 54.2 Å². The minimum Gasteiger partial charge on any atom is -0.497 e. The largest absolute Gasteiger partial charge is 0.497 e. The maximum absolute atomic E-state index is 12.8. The first-order valence-corrected chi connectivity index (χ1v) is 10.1. The van der Waals surface area contributed by atoms with Gasteiger partial charge in [-0.25, -0.2) is 0 Å². The van der Waals surface area contributed by atoms with Crippen LogP contribution in [0, 0.1) is 6.92 Å². The molecule has 0 saturated heterocycles. The number of rotatable bonds is 10. The van der Waals surface area contributed by atoms with Gasteiger partial charge in [0.1, 0.15) is 17.3 Å². The molecular weight excluding hydrogens is 392 g/mol. The second-order valence-electron chi connectivity index (χ2n) is 6.24. The van der Waals surface area contributed by atoms with Crippen LogP contribution in [0.1, 0.15) is 11.6 Å². The lowest BCUT2D eigenvalue weighted by molar-refractivity contribution is -0.129. The molecule has 3 rings (SSSR count). The fraction of sp³-hybridized carbons (Fsp3) is 0.350. The van der Waals surface area contributed by atoms with E-state index in [4.69, 9.17) is 13.9 Å². The molecule has 8 nitrogen and oxygen atoms in total. The standard InChI is InChI=1S/C20H24N4O4S/c1-15-21-22-20(24(15)16-6-8-17(27-3)9-7-16)29-14-19(25)23(10-12-26-2)13-18-5-4-11-28-18/h4-9,11H,10,12-14H2,1-3H3. The summed E-state index contributed by atoms with van der Waals surface area (Å²) >= 11 is 1.35. The Morgan fingerprint density at radius 3 is 2.66 bits per heavy atom. The molecule has 2 aromatic heterocycles. The Kier molecular flexibility index (Phi) is 7.31. The molecule has 9 heteroatoms. The van der Waals surface area contributed by atoms with E-state index in [-0.39, 0.29) is 11.7 Å². The number of ether oxygens (including phenoxy) is 2. The monoisotopic (exact) mass is 416 g/mol. The Morgan fingerprint density at radius 1 is 1.21 bits per heavy atom. The third-order valence-electron chi connectivity index (χ3n) is 4.30. The number of thioether (sulfide) groups is 1. The van der Waals surface area contributed by atoms with E-state index in [0.29, 0.717) is 24.9 Å². The van der Waals surface area contributed by atoms with E-state index in [1.54, 1.807) is 25.4 Å². The molecule has 0 fully saturated rings. The van der Waals surface area contributed by atoms with Crippen molar-refractivity contribution >= 4 is 17.7 Å². The van der Waals surface area contributed by atoms with E-state index in [0.717, 1.165) is 23.0 Å². The van der Waals surface area contributed by atoms with Crippen LogP contribution in [-0.2, 0) is 16.1 Å². The highest BCUT2D eigenvalue weighted by molar-refractivity contribution is 7.99. The molecule has 0 N–H and O–H groups in total. The molecule has 0 atom stereocenters. The number of methoxy groups -OCH3 is 2. The molecule has 3 aromatic rings. The maximum Gasteiger partial charge on any atom is 0.233 e. The molecule has 0 aliphatic carbocycles. The molecule has 0 bridgehead atoms. The summed E-state index contributed by atoms with van der Waals surface area (Å²) in [7, 11) is 3.24. The highest BCUT2D eigenvalue weighted by Gasteiger charge is 2.18. The zero-order valence-electron chi connectivity index (χ0n) is 16.7. The van der Waals surface area contributed by atoms with Crippen LogP contribution in [0.3, 0.4) is 0 Å². The van der Waals surface area contributed by atoms with Crippen molar-refractivity contribution in [2.45, 2.75) is 18.6 Å². The summed E-state index contributed by atoms with van der Waals surface area (Å²) in [5, 5.41) is 9.06. The summed E-state index contributed by atoms with van der Waals surface area (Å²) in [4.78, 5) is 14.5. The van der Waals surface area contributed by atoms with E-state index in [1.807, 2.05) is 47.9 Å². The lowest BCUT2D eigenvalue weighted by Crippen LogP contribution is -2.34. The van der Waals surface area contributed by atoms with Crippen LogP contribution in [0.15, 0.2) is 52.2 Å². The predicted octanol–water partition coefficient (Wildman–Crippen LogP) is 2.94. The lowest BCUT2D eigenvalue weighted by Gasteiger charge is -2.21. The van der Waals surface area contributed by atoms with Gasteiger partial charge in [0.15, 0.2) is 5.16 Å². The lowest BCUT2D eigenvalue weighted by atomic mass is 10.3. The van der Waals surface area contributed by atoms with Crippen LogP contribution in [0.4, 0.5) is 0 Å². The molecule has 0 saturated carbocycles. The van der Waals surface area contributed by atoms with E-state index in [9.17, 15) is 4.79 Å². The number of hydrogen-bond donors (Lipinski definition) is 0. The minimum absolute atomic E-state index is 0.0228. The van der Waals surface area contributed by atoms with Gasteiger partial charge in [-0.2, -0.15) is 0 Å². The van der Waals surface area contributed by atoms with E-state index in [2.05, 4.69) is 10.2 Å². The number of carbonyl (C=O) groups excluding carboxylic acids is 1. The van der Waals surface area contributed by atoms with Gasteiger partial charge in [-0.3, -0.25) is 9.36 Å². The molecule has 0 spiro atoms. The van der Waals surface area contributed by atoms with Gasteiger partial charge in [-0.05, 0) is 43.3 Å². The van der Waals surface area contributed by atoms with Crippen LogP contribution < -0.4 is 4.74 Å². The third kappa shape index (κ3) is 5.39. The average Bonchev–Trinajstić information content (AvgIpc) is 3.39. The van der Waals surface area contributed by atoms with Crippen molar-refractivity contribution in [3.8, 4) is 11.4 Å². The van der Waals surface area contributed by atoms with E-state index in [1.165, 1.54) is 11.8 Å². The van der Waals surface area contributed by atoms with Gasteiger partial charge in [0.2, 0.25) is 5.91 Å². The van der Waals surface area contributed by atoms with Crippen LogP contribution in [-0.4, -0.2) is 58.7 Å². The molecule has 1 amide bonds. The average molecular weight is 417 g/mol. The Morgan fingerprint density at radius 2 is 2.00 bits per heavy atom. The molecule has 154 valence electrons. The molecular formula is C20H24N4O4S. The van der Waals surface area contributed by atoms with Gasteiger partial charge < -0.3 is 18.8 Å². The van der Waals surface area contributed by atoms with Crippen molar-refractivity contribution < 1.29 is 18.7 Å². The number of amides is 1. The Balaban J connectivity index is 1.70. The molecule has 29 heavy (non-hydrogen) atoms. The van der Waals surface area contributed by atoms with Gasteiger partial charge in [0.05, 0.1) is 32.3 Å². The van der Waals surface area contributed by atoms with Gasteiger partial charge in [0, 0.05) is 19.3 Å². The van der Waals surface area contributed by atoms with Gasteiger partial charge in [0.25, 0.3) is 0 Å². The number of hydrogen-bond acceptors (Lipinski definition) is 7. The minimum atomic E-state index is -0.0228. The summed E-state index contributed by atoms with van der Waals surface area (Å²) in [5.41, 5.74) is 0.912. The van der Waals surface area contributed by atoms with Crippen molar-refractivity contribution in [2.75, 3.05) is 33.1 Å². The molecule has 0 radical (unpaired) electrons. The first kappa shape index (κ1) is 20.9. The quantitative estimate of drug-likeness (QED) is 0.470. The molecule has 0 aliphatic heterocycles. The number of nitrogens with zero attached hydrogens (tertiary/aromatic N) is 4. The zero-order valence-corrected chi connectivity index (χ0v) is 17.5. The SMILES string of the molecule is COCCN(Cc1ccco1)C(=O)CSc1nnc(C)n1-c1ccc(OC)cc1. The van der Waals surface area contributed by atoms with Crippen molar-refractivity contribution in [1.29, 1.82) is 0 Å². The Bertz CT molecular complexity index is 909. The van der Waals surface area contributed by atoms with Gasteiger partial charge in [-0.15, -0.1) is 10.2 Å². The number of aryl methyl sites for hydroxylation is 1. The summed E-state index contributed by atoms with van der Waals surface area (Å²) in [5.74, 6) is 2.47. The molecule has 2 heterocycles. The molecule has 1 aromatic carbocycles. The van der Waals surface area contributed by atoms with Crippen LogP contribution in [0.5, 0.6) is 5.75 Å². The second-order valence-corrected chi connectivity index (χ2v) is 7.18. The third-order valence-corrected chi connectivity index (χ3v) is 5.21. The summed E-state index contributed by atoms with van der Waals surface area (Å²) in [6.07, 6.45) is 1.60. The van der Waals surface area contributed by atoms with Gasteiger partial charge >= 0.3 is 0 Å². The number of aromatic nitrogens is 3. The zero-order chi connectivity index (χ0) is 20.6. The fourth-order valence-corrected chi connectivity index (χ4v) is 3.67. The number of furan rings is 1. The summed E-state index contributed by atoms with van der Waals surface area (Å²) in [6, 6.07) is 11.3.